The maximum Gasteiger partial charge on any atom is 0.0595 e. The van der Waals surface area contributed by atoms with Crippen molar-refractivity contribution in [2.75, 3.05) is 0 Å². The zero-order valence-electron chi connectivity index (χ0n) is 9.41. The Hall–Kier alpha value is -0.540. The number of halogens is 2. The fourth-order valence-electron chi connectivity index (χ4n) is 1.56. The smallest absolute Gasteiger partial charge is 0.0595 e. The first-order valence-electron chi connectivity index (χ1n) is 5.37. The second-order valence-electron chi connectivity index (χ2n) is 3.87. The van der Waals surface area contributed by atoms with Crippen molar-refractivity contribution in [1.29, 1.82) is 0 Å². The van der Waals surface area contributed by atoms with Crippen LogP contribution in [0.2, 0.25) is 10.0 Å². The van der Waals surface area contributed by atoms with Crippen molar-refractivity contribution in [2.24, 2.45) is 0 Å². The van der Waals surface area contributed by atoms with E-state index in [1.807, 2.05) is 18.2 Å². The van der Waals surface area contributed by atoms with Crippen LogP contribution >= 0.6 is 34.5 Å². The van der Waals surface area contributed by atoms with Gasteiger partial charge in [-0.05, 0) is 36.1 Å². The minimum Gasteiger partial charge on any atom is -0.305 e. The fourth-order valence-corrected chi connectivity index (χ4v) is 2.64. The van der Waals surface area contributed by atoms with Crippen LogP contribution in [0.25, 0.3) is 0 Å². The molecular formula is C13H13Cl2NS. The van der Waals surface area contributed by atoms with Gasteiger partial charge in [-0.15, -0.1) is 11.3 Å². The van der Waals surface area contributed by atoms with Crippen molar-refractivity contribution in [2.45, 2.75) is 19.5 Å². The molecule has 1 aromatic carbocycles. The summed E-state index contributed by atoms with van der Waals surface area (Å²) in [7, 11) is 0. The van der Waals surface area contributed by atoms with E-state index in [2.05, 4.69) is 29.8 Å². The molecule has 1 aromatic heterocycles. The van der Waals surface area contributed by atoms with Crippen molar-refractivity contribution in [3.63, 3.8) is 0 Å². The van der Waals surface area contributed by atoms with Crippen LogP contribution in [-0.4, -0.2) is 0 Å². The van der Waals surface area contributed by atoms with Crippen LogP contribution in [0.4, 0.5) is 0 Å². The van der Waals surface area contributed by atoms with E-state index >= 15 is 0 Å². The van der Waals surface area contributed by atoms with Crippen LogP contribution < -0.4 is 5.32 Å². The van der Waals surface area contributed by atoms with E-state index in [0.717, 1.165) is 12.1 Å². The van der Waals surface area contributed by atoms with Crippen molar-refractivity contribution in [1.82, 2.24) is 5.32 Å². The third kappa shape index (κ3) is 3.46. The summed E-state index contributed by atoms with van der Waals surface area (Å²) in [5.41, 5.74) is 1.14. The van der Waals surface area contributed by atoms with Gasteiger partial charge in [-0.3, -0.25) is 0 Å². The Balaban J connectivity index is 1.96. The van der Waals surface area contributed by atoms with Crippen molar-refractivity contribution >= 4 is 34.5 Å². The number of thiophene rings is 1. The summed E-state index contributed by atoms with van der Waals surface area (Å²) in [6, 6.07) is 10.3. The molecule has 0 amide bonds. The van der Waals surface area contributed by atoms with Crippen LogP contribution in [0, 0.1) is 0 Å². The predicted octanol–water partition coefficient (Wildman–Crippen LogP) is 4.91. The molecule has 1 heterocycles. The van der Waals surface area contributed by atoms with Gasteiger partial charge in [0.2, 0.25) is 0 Å². The molecule has 1 atom stereocenters. The Kier molecular flexibility index (Phi) is 4.46. The molecule has 0 saturated carbocycles. The zero-order valence-corrected chi connectivity index (χ0v) is 11.7. The van der Waals surface area contributed by atoms with E-state index in [9.17, 15) is 0 Å². The van der Waals surface area contributed by atoms with Gasteiger partial charge >= 0.3 is 0 Å². The van der Waals surface area contributed by atoms with E-state index in [1.165, 1.54) is 4.88 Å². The van der Waals surface area contributed by atoms with Crippen LogP contribution in [-0.2, 0) is 6.54 Å². The van der Waals surface area contributed by atoms with Gasteiger partial charge in [-0.2, -0.15) is 0 Å². The predicted molar refractivity (Wildman–Crippen MR) is 76.0 cm³/mol. The molecule has 4 heteroatoms. The molecule has 0 fully saturated rings. The molecule has 17 heavy (non-hydrogen) atoms. The minimum absolute atomic E-state index is 0.351. The van der Waals surface area contributed by atoms with Gasteiger partial charge in [0, 0.05) is 17.5 Å². The molecule has 1 unspecified atom stereocenters. The highest BCUT2D eigenvalue weighted by Crippen LogP contribution is 2.23. The Labute approximate surface area is 115 Å². The van der Waals surface area contributed by atoms with Gasteiger partial charge in [-0.1, -0.05) is 35.3 Å². The van der Waals surface area contributed by atoms with Crippen LogP contribution in [0.15, 0.2) is 35.7 Å². The monoisotopic (exact) mass is 285 g/mol. The van der Waals surface area contributed by atoms with E-state index in [1.54, 1.807) is 11.3 Å². The quantitative estimate of drug-likeness (QED) is 0.842. The summed E-state index contributed by atoms with van der Waals surface area (Å²) in [5, 5.41) is 6.75. The topological polar surface area (TPSA) is 12.0 Å². The summed E-state index contributed by atoms with van der Waals surface area (Å²) >= 11 is 13.6. The average molecular weight is 286 g/mol. The van der Waals surface area contributed by atoms with E-state index in [-0.39, 0.29) is 0 Å². The molecule has 1 nitrogen and oxygen atoms in total. The van der Waals surface area contributed by atoms with Crippen molar-refractivity contribution in [3.05, 3.63) is 56.2 Å². The van der Waals surface area contributed by atoms with Gasteiger partial charge in [0.1, 0.15) is 0 Å². The molecule has 2 aromatic rings. The van der Waals surface area contributed by atoms with Crippen LogP contribution in [0.1, 0.15) is 23.4 Å². The zero-order chi connectivity index (χ0) is 12.3. The second-order valence-corrected chi connectivity index (χ2v) is 5.66. The third-order valence-electron chi connectivity index (χ3n) is 2.57. The van der Waals surface area contributed by atoms with Gasteiger partial charge in [0.15, 0.2) is 0 Å². The number of hydrogen-bond acceptors (Lipinski definition) is 2. The normalized spacial score (nSPS) is 12.6. The Bertz CT molecular complexity index is 482. The Morgan fingerprint density at radius 1 is 1.24 bits per heavy atom. The summed E-state index contributed by atoms with van der Waals surface area (Å²) < 4.78 is 0. The maximum atomic E-state index is 5.97. The van der Waals surface area contributed by atoms with Crippen LogP contribution in [0.5, 0.6) is 0 Å². The lowest BCUT2D eigenvalue weighted by Crippen LogP contribution is -2.17. The molecule has 0 aliphatic rings. The second kappa shape index (κ2) is 5.87. The average Bonchev–Trinajstić information content (AvgIpc) is 2.84. The first-order chi connectivity index (χ1) is 8.16. The minimum atomic E-state index is 0.351. The molecule has 90 valence electrons. The number of hydrogen-bond donors (Lipinski definition) is 1. The summed E-state index contributed by atoms with van der Waals surface area (Å²) in [6.07, 6.45) is 0. The first-order valence-corrected chi connectivity index (χ1v) is 7.01. The summed E-state index contributed by atoms with van der Waals surface area (Å²) in [5.74, 6) is 0. The maximum absolute atomic E-state index is 5.97. The van der Waals surface area contributed by atoms with E-state index in [4.69, 9.17) is 23.2 Å². The largest absolute Gasteiger partial charge is 0.305 e. The SMILES string of the molecule is CC(NCc1ccc(Cl)c(Cl)c1)c1cccs1. The van der Waals surface area contributed by atoms with Crippen molar-refractivity contribution in [3.8, 4) is 0 Å². The first kappa shape index (κ1) is 12.9. The number of nitrogens with one attached hydrogen (secondary N) is 1. The van der Waals surface area contributed by atoms with Gasteiger partial charge in [0.25, 0.3) is 0 Å². The lowest BCUT2D eigenvalue weighted by atomic mass is 10.2. The lowest BCUT2D eigenvalue weighted by Gasteiger charge is -2.12. The van der Waals surface area contributed by atoms with E-state index in [0.29, 0.717) is 16.1 Å². The molecule has 0 saturated heterocycles. The summed E-state index contributed by atoms with van der Waals surface area (Å²) in [4.78, 5) is 1.34. The van der Waals surface area contributed by atoms with E-state index < -0.39 is 0 Å². The highest BCUT2D eigenvalue weighted by Gasteiger charge is 2.06. The highest BCUT2D eigenvalue weighted by atomic mass is 35.5. The van der Waals surface area contributed by atoms with Crippen molar-refractivity contribution < 1.29 is 0 Å². The standard InChI is InChI=1S/C13H13Cl2NS/c1-9(13-3-2-6-17-13)16-8-10-4-5-11(14)12(15)7-10/h2-7,9,16H,8H2,1H3. The molecular weight excluding hydrogens is 273 g/mol. The van der Waals surface area contributed by atoms with Crippen LogP contribution in [0.3, 0.4) is 0 Å². The molecule has 0 aliphatic carbocycles. The van der Waals surface area contributed by atoms with Gasteiger partial charge in [0.05, 0.1) is 10.0 Å². The van der Waals surface area contributed by atoms with Gasteiger partial charge < -0.3 is 5.32 Å². The molecule has 2 rings (SSSR count). The molecule has 0 spiro atoms. The Morgan fingerprint density at radius 2 is 2.06 bits per heavy atom. The highest BCUT2D eigenvalue weighted by molar-refractivity contribution is 7.10. The number of rotatable bonds is 4. The van der Waals surface area contributed by atoms with Gasteiger partial charge in [-0.25, -0.2) is 0 Å². The number of benzene rings is 1. The third-order valence-corrected chi connectivity index (χ3v) is 4.36. The lowest BCUT2D eigenvalue weighted by molar-refractivity contribution is 0.583. The summed E-state index contributed by atoms with van der Waals surface area (Å²) in [6.45, 7) is 2.94. The molecule has 1 N–H and O–H groups in total. The molecule has 0 bridgehead atoms. The fraction of sp³-hybridized carbons (Fsp3) is 0.231. The molecule has 0 radical (unpaired) electrons. The molecule has 0 aliphatic heterocycles. The Morgan fingerprint density at radius 3 is 2.71 bits per heavy atom.